The molecular formula is C56H58B2N2. The van der Waals surface area contributed by atoms with E-state index in [4.69, 9.17) is 0 Å². The van der Waals surface area contributed by atoms with E-state index in [1.165, 1.54) is 122 Å². The van der Waals surface area contributed by atoms with Gasteiger partial charge >= 0.3 is 12.6 Å². The molecule has 0 N–H and O–H groups in total. The SMILES string of the molecule is Cc1cc(C)c([B-]2(c3c(C)cc(C)cc3C)c3ccccc3C=[N+]2c2ccc([N+]3=Cc4ccccc4[B-]3(c3c(C)cc(C)cc3C)c3c(C)cc(C)cc3C)cc2)c(C)c1. The third-order valence-electron chi connectivity index (χ3n) is 14.4. The van der Waals surface area contributed by atoms with E-state index in [1.807, 2.05) is 0 Å². The number of benzene rings is 7. The molecule has 0 aliphatic carbocycles. The minimum atomic E-state index is -1.63. The summed E-state index contributed by atoms with van der Waals surface area (Å²) >= 11 is 0. The Kier molecular flexibility index (Phi) is 9.43. The van der Waals surface area contributed by atoms with E-state index < -0.39 is 12.6 Å². The van der Waals surface area contributed by atoms with Crippen LogP contribution in [-0.2, 0) is 0 Å². The molecule has 0 saturated carbocycles. The number of nitrogens with zero attached hydrogens (tertiary/aromatic N) is 2. The van der Waals surface area contributed by atoms with Crippen LogP contribution >= 0.6 is 0 Å². The van der Waals surface area contributed by atoms with Crippen molar-refractivity contribution >= 4 is 69.1 Å². The molecule has 2 aliphatic heterocycles. The van der Waals surface area contributed by atoms with Crippen molar-refractivity contribution in [2.45, 2.75) is 83.1 Å². The molecule has 0 saturated heterocycles. The Bertz CT molecular complexity index is 2590. The summed E-state index contributed by atoms with van der Waals surface area (Å²) in [4.78, 5) is 0. The van der Waals surface area contributed by atoms with Crippen LogP contribution in [0.5, 0.6) is 0 Å². The molecule has 0 bridgehead atoms. The molecule has 9 rings (SSSR count). The van der Waals surface area contributed by atoms with Gasteiger partial charge in [0.2, 0.25) is 0 Å². The van der Waals surface area contributed by atoms with Crippen LogP contribution in [0.4, 0.5) is 11.4 Å². The van der Waals surface area contributed by atoms with Gasteiger partial charge in [0.1, 0.15) is 12.4 Å². The van der Waals surface area contributed by atoms with Crippen LogP contribution in [-0.4, -0.2) is 34.0 Å². The number of aryl methyl sites for hydroxylation is 12. The Morgan fingerprint density at radius 3 is 0.783 bits per heavy atom. The van der Waals surface area contributed by atoms with E-state index in [1.54, 1.807) is 0 Å². The lowest BCUT2D eigenvalue weighted by Gasteiger charge is -2.41. The molecule has 0 atom stereocenters. The van der Waals surface area contributed by atoms with Gasteiger partial charge in [0.15, 0.2) is 11.4 Å². The van der Waals surface area contributed by atoms with Crippen LogP contribution < -0.4 is 32.8 Å². The molecule has 0 amide bonds. The van der Waals surface area contributed by atoms with Gasteiger partial charge in [-0.2, -0.15) is 0 Å². The van der Waals surface area contributed by atoms with E-state index in [9.17, 15) is 0 Å². The average Bonchev–Trinajstić information content (AvgIpc) is 3.67. The largest absolute Gasteiger partial charge is 0.408 e. The predicted octanol–water partition coefficient (Wildman–Crippen LogP) is 8.87. The van der Waals surface area contributed by atoms with Gasteiger partial charge in [-0.3, -0.25) is 0 Å². The smallest absolute Gasteiger partial charge is 0.362 e. The van der Waals surface area contributed by atoms with Gasteiger partial charge in [0.25, 0.3) is 0 Å². The lowest BCUT2D eigenvalue weighted by molar-refractivity contribution is -0.284. The molecule has 0 unspecified atom stereocenters. The number of hydrogen-bond acceptors (Lipinski definition) is 0. The molecule has 0 fully saturated rings. The maximum atomic E-state index is 2.66. The molecule has 4 heteroatoms. The maximum absolute atomic E-state index is 2.66. The van der Waals surface area contributed by atoms with Gasteiger partial charge in [0, 0.05) is 35.4 Å². The average molecular weight is 781 g/mol. The third kappa shape index (κ3) is 5.71. The molecule has 0 aromatic heterocycles. The first-order valence-corrected chi connectivity index (χ1v) is 21.9. The van der Waals surface area contributed by atoms with E-state index in [-0.39, 0.29) is 0 Å². The van der Waals surface area contributed by atoms with Crippen molar-refractivity contribution in [1.29, 1.82) is 0 Å². The summed E-state index contributed by atoms with van der Waals surface area (Å²) in [6.07, 6.45) is 1.61. The Hall–Kier alpha value is -5.99. The van der Waals surface area contributed by atoms with Gasteiger partial charge < -0.3 is 8.97 Å². The van der Waals surface area contributed by atoms with Crippen molar-refractivity contribution in [3.63, 3.8) is 0 Å². The summed E-state index contributed by atoms with van der Waals surface area (Å²) in [5.74, 6) is 0. The molecule has 60 heavy (non-hydrogen) atoms. The third-order valence-corrected chi connectivity index (χ3v) is 14.4. The summed E-state index contributed by atoms with van der Waals surface area (Å²) < 4.78 is 5.32. The monoisotopic (exact) mass is 780 g/mol. The van der Waals surface area contributed by atoms with Crippen molar-refractivity contribution in [2.24, 2.45) is 0 Å². The van der Waals surface area contributed by atoms with E-state index in [2.05, 4.69) is 226 Å². The number of hydrogen-bond donors (Lipinski definition) is 0. The molecule has 2 nitrogen and oxygen atoms in total. The topological polar surface area (TPSA) is 6.02 Å². The first kappa shape index (κ1) is 39.5. The summed E-state index contributed by atoms with van der Waals surface area (Å²) in [6.45, 7) is 27.5. The molecule has 0 spiro atoms. The molecule has 0 radical (unpaired) electrons. The highest BCUT2D eigenvalue weighted by Gasteiger charge is 2.53. The lowest BCUT2D eigenvalue weighted by atomic mass is 9.22. The summed E-state index contributed by atoms with van der Waals surface area (Å²) in [6, 6.07) is 47.0. The second kappa shape index (κ2) is 14.3. The minimum absolute atomic E-state index is 1.19. The van der Waals surface area contributed by atoms with Gasteiger partial charge in [0.05, 0.1) is 0 Å². The lowest BCUT2D eigenvalue weighted by Crippen LogP contribution is -2.74. The Labute approximate surface area is 358 Å². The second-order valence-electron chi connectivity index (χ2n) is 18.7. The van der Waals surface area contributed by atoms with Crippen molar-refractivity contribution in [3.8, 4) is 0 Å². The number of rotatable bonds is 6. The highest BCUT2D eigenvalue weighted by Crippen LogP contribution is 2.33. The Balaban J connectivity index is 1.33. The first-order valence-electron chi connectivity index (χ1n) is 21.9. The van der Waals surface area contributed by atoms with Crippen LogP contribution in [0.15, 0.2) is 121 Å². The molecule has 298 valence electrons. The zero-order valence-corrected chi connectivity index (χ0v) is 37.8. The quantitative estimate of drug-likeness (QED) is 0.149. The molecule has 7 aromatic carbocycles. The molecule has 2 heterocycles. The van der Waals surface area contributed by atoms with Crippen molar-refractivity contribution in [2.75, 3.05) is 0 Å². The highest BCUT2D eigenvalue weighted by molar-refractivity contribution is 7.09. The predicted molar refractivity (Wildman–Crippen MR) is 261 cm³/mol. The fourth-order valence-corrected chi connectivity index (χ4v) is 13.1. The highest BCUT2D eigenvalue weighted by atomic mass is 15.0. The van der Waals surface area contributed by atoms with Crippen molar-refractivity contribution < 1.29 is 8.97 Å². The van der Waals surface area contributed by atoms with Gasteiger partial charge in [-0.1, -0.05) is 164 Å². The van der Waals surface area contributed by atoms with Gasteiger partial charge in [-0.25, -0.2) is 0 Å². The molecule has 2 aliphatic rings. The fraction of sp³-hybridized carbons (Fsp3) is 0.214. The number of fused-ring (bicyclic) bond motifs is 2. The normalized spacial score (nSPS) is 14.8. The Morgan fingerprint density at radius 1 is 0.300 bits per heavy atom. The van der Waals surface area contributed by atoms with Gasteiger partial charge in [-0.15, -0.1) is 32.8 Å². The van der Waals surface area contributed by atoms with E-state index >= 15 is 0 Å². The van der Waals surface area contributed by atoms with E-state index in [0.717, 1.165) is 0 Å². The van der Waals surface area contributed by atoms with Crippen molar-refractivity contribution in [1.82, 2.24) is 0 Å². The van der Waals surface area contributed by atoms with Crippen LogP contribution in [0.2, 0.25) is 0 Å². The molecule has 7 aromatic rings. The second-order valence-corrected chi connectivity index (χ2v) is 18.7. The summed E-state index contributed by atoms with van der Waals surface area (Å²) in [5.41, 5.74) is 29.3. The maximum Gasteiger partial charge on any atom is 0.362 e. The van der Waals surface area contributed by atoms with E-state index in [0.29, 0.717) is 0 Å². The fourth-order valence-electron chi connectivity index (χ4n) is 13.1. The molecular weight excluding hydrogens is 722 g/mol. The van der Waals surface area contributed by atoms with Crippen molar-refractivity contribution in [3.05, 3.63) is 199 Å². The Morgan fingerprint density at radius 2 is 0.533 bits per heavy atom. The van der Waals surface area contributed by atoms with Crippen LogP contribution in [0.3, 0.4) is 0 Å². The summed E-state index contributed by atoms with van der Waals surface area (Å²) in [5, 5.41) is 0. The zero-order chi connectivity index (χ0) is 42.4. The van der Waals surface area contributed by atoms with Gasteiger partial charge in [-0.05, 0) is 83.1 Å². The van der Waals surface area contributed by atoms with Crippen LogP contribution in [0.25, 0.3) is 0 Å². The zero-order valence-electron chi connectivity index (χ0n) is 37.8. The van der Waals surface area contributed by atoms with Crippen LogP contribution in [0.1, 0.15) is 77.9 Å². The first-order chi connectivity index (χ1) is 28.7. The van der Waals surface area contributed by atoms with Crippen LogP contribution in [0, 0.1) is 83.1 Å². The minimum Gasteiger partial charge on any atom is -0.408 e. The summed E-state index contributed by atoms with van der Waals surface area (Å²) in [7, 11) is 0. The standard InChI is InChI=1S/C56H58B2N2/c1-35-25-39(5)53(40(6)26-35)57(54-41(7)27-36(2)28-42(54)8)51-19-15-13-17-47(51)33-59(57)49-21-23-50(24-22-49)60-34-48-18-14-16-20-52(48)58(60,55-43(9)29-37(3)30-44(55)10)56-45(11)31-38(4)32-46(56)12/h13-34H,1-12H3.